The fourth-order valence-electron chi connectivity index (χ4n) is 2.18. The Morgan fingerprint density at radius 2 is 1.75 bits per heavy atom. The van der Waals surface area contributed by atoms with Crippen LogP contribution in [-0.2, 0) is 9.59 Å². The van der Waals surface area contributed by atoms with E-state index in [1.807, 2.05) is 17.0 Å². The van der Waals surface area contributed by atoms with Gasteiger partial charge in [0.15, 0.2) is 6.61 Å². The highest BCUT2D eigenvalue weighted by Crippen LogP contribution is 2.20. The highest BCUT2D eigenvalue weighted by Gasteiger charge is 2.18. The summed E-state index contributed by atoms with van der Waals surface area (Å²) in [7, 11) is 0. The number of ether oxygens (including phenoxy) is 1. The number of benzene rings is 1. The molecule has 1 aromatic carbocycles. The predicted molar refractivity (Wildman–Crippen MR) is 74.0 cm³/mol. The molecule has 20 heavy (non-hydrogen) atoms. The second kappa shape index (κ2) is 6.27. The maximum atomic E-state index is 11.3. The summed E-state index contributed by atoms with van der Waals surface area (Å²) >= 11 is 0. The lowest BCUT2D eigenvalue weighted by molar-refractivity contribution is -0.139. The molecule has 1 saturated heterocycles. The zero-order chi connectivity index (χ0) is 14.5. The van der Waals surface area contributed by atoms with Crippen LogP contribution >= 0.6 is 0 Å². The second-order valence-corrected chi connectivity index (χ2v) is 4.67. The Bertz CT molecular complexity index is 478. The molecule has 6 heteroatoms. The molecule has 0 spiro atoms. The van der Waals surface area contributed by atoms with Gasteiger partial charge in [-0.2, -0.15) is 0 Å². The number of aliphatic carboxylic acids is 1. The Morgan fingerprint density at radius 3 is 2.25 bits per heavy atom. The monoisotopic (exact) mass is 278 g/mol. The van der Waals surface area contributed by atoms with Crippen molar-refractivity contribution in [3.63, 3.8) is 0 Å². The number of nitrogens with zero attached hydrogens (tertiary/aromatic N) is 2. The van der Waals surface area contributed by atoms with Gasteiger partial charge in [-0.15, -0.1) is 0 Å². The smallest absolute Gasteiger partial charge is 0.341 e. The van der Waals surface area contributed by atoms with Crippen LogP contribution in [0.4, 0.5) is 5.69 Å². The highest BCUT2D eigenvalue weighted by molar-refractivity contribution is 5.73. The van der Waals surface area contributed by atoms with Gasteiger partial charge in [-0.25, -0.2) is 4.79 Å². The molecule has 2 rings (SSSR count). The first-order valence-electron chi connectivity index (χ1n) is 6.51. The number of rotatable bonds is 4. The second-order valence-electron chi connectivity index (χ2n) is 4.67. The minimum absolute atomic E-state index is 0.113. The molecule has 0 bridgehead atoms. The third-order valence-electron chi connectivity index (χ3n) is 3.29. The predicted octanol–water partition coefficient (Wildman–Crippen LogP) is 0.819. The van der Waals surface area contributed by atoms with Crippen molar-refractivity contribution in [3.8, 4) is 5.75 Å². The lowest BCUT2D eigenvalue weighted by Gasteiger charge is -2.35. The van der Waals surface area contributed by atoms with Gasteiger partial charge < -0.3 is 19.6 Å². The number of carbonyl (C=O) groups excluding carboxylic acids is 1. The van der Waals surface area contributed by atoms with Gasteiger partial charge in [-0.3, -0.25) is 4.79 Å². The number of carbonyl (C=O) groups is 2. The number of anilines is 1. The molecule has 0 aromatic heterocycles. The molecule has 108 valence electrons. The third-order valence-corrected chi connectivity index (χ3v) is 3.29. The Kier molecular flexibility index (Phi) is 4.45. The standard InChI is InChI=1S/C14H18N2O4/c1-11(17)15-6-8-16(9-7-15)12-2-4-13(5-3-12)20-10-14(18)19/h2-5H,6-10H2,1H3,(H,18,19). The average molecular weight is 278 g/mol. The molecule has 1 aliphatic heterocycles. The van der Waals surface area contributed by atoms with Crippen molar-refractivity contribution < 1.29 is 19.4 Å². The maximum Gasteiger partial charge on any atom is 0.341 e. The third kappa shape index (κ3) is 3.63. The van der Waals surface area contributed by atoms with Gasteiger partial charge in [0.1, 0.15) is 5.75 Å². The van der Waals surface area contributed by atoms with E-state index >= 15 is 0 Å². The Labute approximate surface area is 117 Å². The van der Waals surface area contributed by atoms with Crippen LogP contribution in [0.3, 0.4) is 0 Å². The minimum Gasteiger partial charge on any atom is -0.482 e. The summed E-state index contributed by atoms with van der Waals surface area (Å²) in [6.45, 7) is 4.31. The lowest BCUT2D eigenvalue weighted by atomic mass is 10.2. The molecular formula is C14H18N2O4. The average Bonchev–Trinajstić information content (AvgIpc) is 2.46. The van der Waals surface area contributed by atoms with Crippen molar-refractivity contribution in [2.75, 3.05) is 37.7 Å². The molecule has 6 nitrogen and oxygen atoms in total. The molecule has 0 unspecified atom stereocenters. The van der Waals surface area contributed by atoms with Crippen LogP contribution < -0.4 is 9.64 Å². The summed E-state index contributed by atoms with van der Waals surface area (Å²) < 4.78 is 5.09. The van der Waals surface area contributed by atoms with Gasteiger partial charge in [0.05, 0.1) is 0 Å². The van der Waals surface area contributed by atoms with Crippen LogP contribution in [0.2, 0.25) is 0 Å². The fraction of sp³-hybridized carbons (Fsp3) is 0.429. The minimum atomic E-state index is -0.991. The van der Waals surface area contributed by atoms with Gasteiger partial charge in [0.25, 0.3) is 0 Å². The van der Waals surface area contributed by atoms with E-state index < -0.39 is 5.97 Å². The molecule has 1 aliphatic rings. The molecule has 1 amide bonds. The Balaban J connectivity index is 1.90. The normalized spacial score (nSPS) is 15.1. The molecule has 1 aromatic rings. The highest BCUT2D eigenvalue weighted by atomic mass is 16.5. The Hall–Kier alpha value is -2.24. The van der Waals surface area contributed by atoms with E-state index in [4.69, 9.17) is 9.84 Å². The van der Waals surface area contributed by atoms with Crippen LogP contribution in [0.5, 0.6) is 5.75 Å². The van der Waals surface area contributed by atoms with E-state index in [9.17, 15) is 9.59 Å². The molecule has 1 N–H and O–H groups in total. The zero-order valence-electron chi connectivity index (χ0n) is 11.4. The summed E-state index contributed by atoms with van der Waals surface area (Å²) in [5.41, 5.74) is 1.05. The van der Waals surface area contributed by atoms with Gasteiger partial charge in [-0.05, 0) is 24.3 Å². The SMILES string of the molecule is CC(=O)N1CCN(c2ccc(OCC(=O)O)cc2)CC1. The number of hydrogen-bond acceptors (Lipinski definition) is 4. The first-order valence-corrected chi connectivity index (χ1v) is 6.51. The summed E-state index contributed by atoms with van der Waals surface area (Å²) in [6.07, 6.45) is 0. The van der Waals surface area contributed by atoms with Crippen LogP contribution in [0.1, 0.15) is 6.92 Å². The van der Waals surface area contributed by atoms with Crippen molar-refractivity contribution in [2.45, 2.75) is 6.92 Å². The first-order chi connectivity index (χ1) is 9.56. The summed E-state index contributed by atoms with van der Waals surface area (Å²) in [5, 5.41) is 8.54. The van der Waals surface area contributed by atoms with Crippen LogP contribution in [0.15, 0.2) is 24.3 Å². The molecule has 0 aliphatic carbocycles. The molecule has 0 radical (unpaired) electrons. The molecule has 1 heterocycles. The van der Waals surface area contributed by atoms with E-state index in [2.05, 4.69) is 4.90 Å². The number of carboxylic acid groups (broad SMARTS) is 1. The van der Waals surface area contributed by atoms with Gasteiger partial charge in [0.2, 0.25) is 5.91 Å². The molecule has 1 fully saturated rings. The van der Waals surface area contributed by atoms with Gasteiger partial charge >= 0.3 is 5.97 Å². The van der Waals surface area contributed by atoms with E-state index in [1.54, 1.807) is 19.1 Å². The van der Waals surface area contributed by atoms with Crippen molar-refractivity contribution in [3.05, 3.63) is 24.3 Å². The van der Waals surface area contributed by atoms with Crippen molar-refractivity contribution in [1.29, 1.82) is 0 Å². The molecule has 0 atom stereocenters. The van der Waals surface area contributed by atoms with Crippen molar-refractivity contribution >= 4 is 17.6 Å². The maximum absolute atomic E-state index is 11.3. The molecule has 0 saturated carbocycles. The summed E-state index contributed by atoms with van der Waals surface area (Å²) in [4.78, 5) is 25.7. The van der Waals surface area contributed by atoms with Crippen molar-refractivity contribution in [2.24, 2.45) is 0 Å². The fourth-order valence-corrected chi connectivity index (χ4v) is 2.18. The number of carboxylic acids is 1. The Morgan fingerprint density at radius 1 is 1.15 bits per heavy atom. The lowest BCUT2D eigenvalue weighted by Crippen LogP contribution is -2.48. The van der Waals surface area contributed by atoms with E-state index in [1.165, 1.54) is 0 Å². The van der Waals surface area contributed by atoms with Crippen LogP contribution in [0.25, 0.3) is 0 Å². The van der Waals surface area contributed by atoms with Gasteiger partial charge in [-0.1, -0.05) is 0 Å². The quantitative estimate of drug-likeness (QED) is 0.883. The molecular weight excluding hydrogens is 260 g/mol. The first kappa shape index (κ1) is 14.2. The summed E-state index contributed by atoms with van der Waals surface area (Å²) in [6, 6.07) is 7.33. The van der Waals surface area contributed by atoms with Crippen LogP contribution in [0, 0.1) is 0 Å². The van der Waals surface area contributed by atoms with E-state index in [0.717, 1.165) is 31.9 Å². The largest absolute Gasteiger partial charge is 0.482 e. The van der Waals surface area contributed by atoms with Crippen LogP contribution in [-0.4, -0.2) is 54.7 Å². The van der Waals surface area contributed by atoms with E-state index in [-0.39, 0.29) is 12.5 Å². The number of hydrogen-bond donors (Lipinski definition) is 1. The van der Waals surface area contributed by atoms with Crippen molar-refractivity contribution in [1.82, 2.24) is 4.90 Å². The van der Waals surface area contributed by atoms with E-state index in [0.29, 0.717) is 5.75 Å². The number of piperazine rings is 1. The topological polar surface area (TPSA) is 70.1 Å². The zero-order valence-corrected chi connectivity index (χ0v) is 11.4. The number of amides is 1. The summed E-state index contributed by atoms with van der Waals surface area (Å²) in [5.74, 6) is -0.338. The van der Waals surface area contributed by atoms with Gasteiger partial charge in [0, 0.05) is 38.8 Å².